The third-order valence-electron chi connectivity index (χ3n) is 7.95. The van der Waals surface area contributed by atoms with Crippen LogP contribution in [0.15, 0.2) is 78.9 Å². The van der Waals surface area contributed by atoms with Crippen LogP contribution < -0.4 is 14.8 Å². The fraction of sp³-hybridized carbons (Fsp3) is 0.474. The molecular weight excluding hydrogens is 564 g/mol. The van der Waals surface area contributed by atoms with Crippen LogP contribution in [0.25, 0.3) is 0 Å². The van der Waals surface area contributed by atoms with E-state index < -0.39 is 6.09 Å². The lowest BCUT2D eigenvalue weighted by Gasteiger charge is -2.31. The summed E-state index contributed by atoms with van der Waals surface area (Å²) in [7, 11) is 0. The van der Waals surface area contributed by atoms with Gasteiger partial charge in [-0.1, -0.05) is 95.8 Å². The Morgan fingerprint density at radius 1 is 0.822 bits per heavy atom. The molecule has 0 spiro atoms. The molecule has 7 heteroatoms. The SMILES string of the molecule is CCCCCCC(Cc1ccc(CC(C)(C)C)cc1)NC(=O)OC1CCN(C(=O)Oc2ccc(Oc3ccccc3)cc2)CC1. The highest BCUT2D eigenvalue weighted by Crippen LogP contribution is 2.25. The van der Waals surface area contributed by atoms with E-state index in [0.29, 0.717) is 37.4 Å². The Labute approximate surface area is 269 Å². The maximum atomic E-state index is 13.0. The van der Waals surface area contributed by atoms with Gasteiger partial charge in [-0.2, -0.15) is 0 Å². The molecule has 3 aromatic rings. The van der Waals surface area contributed by atoms with Gasteiger partial charge in [0.15, 0.2) is 0 Å². The summed E-state index contributed by atoms with van der Waals surface area (Å²) in [6.45, 7) is 9.89. The first kappa shape index (κ1) is 33.9. The van der Waals surface area contributed by atoms with E-state index in [0.717, 1.165) is 37.9 Å². The summed E-state index contributed by atoms with van der Waals surface area (Å²) in [6.07, 6.45) is 7.47. The number of likely N-dealkylation sites (tertiary alicyclic amines) is 1. The van der Waals surface area contributed by atoms with Crippen LogP contribution >= 0.6 is 0 Å². The Morgan fingerprint density at radius 3 is 2.09 bits per heavy atom. The quantitative estimate of drug-likeness (QED) is 0.194. The Kier molecular flexibility index (Phi) is 12.7. The summed E-state index contributed by atoms with van der Waals surface area (Å²) in [6, 6.07) is 25.3. The van der Waals surface area contributed by atoms with Crippen LogP contribution in [0.5, 0.6) is 17.2 Å². The molecule has 7 nitrogen and oxygen atoms in total. The number of hydrogen-bond donors (Lipinski definition) is 1. The number of carbonyl (C=O) groups is 2. The summed E-state index contributed by atoms with van der Waals surface area (Å²) in [5, 5.41) is 3.15. The Bertz CT molecular complexity index is 1310. The molecule has 1 aliphatic rings. The van der Waals surface area contributed by atoms with Crippen LogP contribution in [-0.2, 0) is 17.6 Å². The predicted molar refractivity (Wildman–Crippen MR) is 179 cm³/mol. The van der Waals surface area contributed by atoms with E-state index in [1.165, 1.54) is 24.0 Å². The molecular formula is C38H50N2O5. The highest BCUT2D eigenvalue weighted by atomic mass is 16.6. The standard InChI is InChI=1S/C38H50N2O5/c1-5-6-7-9-12-31(27-29-15-17-30(18-16-29)28-38(2,3)4)39-36(41)44-35-23-25-40(26-24-35)37(42)45-34-21-19-33(20-22-34)43-32-13-10-8-11-14-32/h8,10-11,13-22,31,35H,5-7,9,12,23-28H2,1-4H3,(H,39,41). The molecule has 1 N–H and O–H groups in total. The lowest BCUT2D eigenvalue weighted by Crippen LogP contribution is -2.44. The van der Waals surface area contributed by atoms with Gasteiger partial charge in [-0.25, -0.2) is 9.59 Å². The largest absolute Gasteiger partial charge is 0.457 e. The minimum absolute atomic E-state index is 0.0161. The average Bonchev–Trinajstić information content (AvgIpc) is 3.01. The number of hydrogen-bond acceptors (Lipinski definition) is 5. The second-order valence-electron chi connectivity index (χ2n) is 13.3. The van der Waals surface area contributed by atoms with Crippen molar-refractivity contribution in [2.45, 2.75) is 97.6 Å². The highest BCUT2D eigenvalue weighted by Gasteiger charge is 2.27. The van der Waals surface area contributed by atoms with E-state index in [1.54, 1.807) is 29.2 Å². The number of ether oxygens (including phenoxy) is 3. The number of unbranched alkanes of at least 4 members (excludes halogenated alkanes) is 3. The predicted octanol–water partition coefficient (Wildman–Crippen LogP) is 9.34. The van der Waals surface area contributed by atoms with Crippen LogP contribution in [0.2, 0.25) is 0 Å². The van der Waals surface area contributed by atoms with Gasteiger partial charge >= 0.3 is 12.2 Å². The Morgan fingerprint density at radius 2 is 1.44 bits per heavy atom. The molecule has 1 unspecified atom stereocenters. The highest BCUT2D eigenvalue weighted by molar-refractivity contribution is 5.71. The summed E-state index contributed by atoms with van der Waals surface area (Å²) < 4.78 is 17.2. The van der Waals surface area contributed by atoms with Gasteiger partial charge in [0.05, 0.1) is 0 Å². The molecule has 1 aliphatic heterocycles. The maximum absolute atomic E-state index is 13.0. The van der Waals surface area contributed by atoms with Crippen molar-refractivity contribution in [3.8, 4) is 17.2 Å². The van der Waals surface area contributed by atoms with E-state index in [9.17, 15) is 9.59 Å². The number of piperidine rings is 1. The molecule has 1 atom stereocenters. The number of rotatable bonds is 13. The summed E-state index contributed by atoms with van der Waals surface area (Å²) in [5.41, 5.74) is 2.80. The molecule has 0 saturated carbocycles. The van der Waals surface area contributed by atoms with Gasteiger partial charge in [-0.15, -0.1) is 0 Å². The Balaban J connectivity index is 1.22. The van der Waals surface area contributed by atoms with Crippen LogP contribution in [0, 0.1) is 5.41 Å². The fourth-order valence-corrected chi connectivity index (χ4v) is 5.61. The molecule has 242 valence electrons. The lowest BCUT2D eigenvalue weighted by molar-refractivity contribution is 0.0506. The van der Waals surface area contributed by atoms with E-state index in [4.69, 9.17) is 14.2 Å². The van der Waals surface area contributed by atoms with Gasteiger partial charge in [-0.3, -0.25) is 0 Å². The molecule has 45 heavy (non-hydrogen) atoms. The van der Waals surface area contributed by atoms with Gasteiger partial charge in [0.25, 0.3) is 0 Å². The molecule has 1 heterocycles. The van der Waals surface area contributed by atoms with Crippen LogP contribution in [0.4, 0.5) is 9.59 Å². The molecule has 1 saturated heterocycles. The maximum Gasteiger partial charge on any atom is 0.415 e. The monoisotopic (exact) mass is 614 g/mol. The first-order valence-electron chi connectivity index (χ1n) is 16.5. The first-order valence-corrected chi connectivity index (χ1v) is 16.5. The molecule has 0 radical (unpaired) electrons. The van der Waals surface area contributed by atoms with Crippen molar-refractivity contribution in [3.05, 3.63) is 90.0 Å². The molecule has 0 bridgehead atoms. The second kappa shape index (κ2) is 16.9. The zero-order chi connectivity index (χ0) is 32.1. The smallest absolute Gasteiger partial charge is 0.415 e. The van der Waals surface area contributed by atoms with Crippen molar-refractivity contribution >= 4 is 12.2 Å². The molecule has 1 fully saturated rings. The van der Waals surface area contributed by atoms with Crippen molar-refractivity contribution in [3.63, 3.8) is 0 Å². The van der Waals surface area contributed by atoms with Gasteiger partial charge in [0.1, 0.15) is 23.4 Å². The minimum atomic E-state index is -0.407. The van der Waals surface area contributed by atoms with Crippen LogP contribution in [0.3, 0.4) is 0 Å². The lowest BCUT2D eigenvalue weighted by atomic mass is 9.87. The zero-order valence-corrected chi connectivity index (χ0v) is 27.4. The summed E-state index contributed by atoms with van der Waals surface area (Å²) in [5.74, 6) is 1.85. The van der Waals surface area contributed by atoms with Crippen molar-refractivity contribution in [2.24, 2.45) is 5.41 Å². The van der Waals surface area contributed by atoms with Crippen LogP contribution in [0.1, 0.15) is 83.8 Å². The molecule has 3 aromatic carbocycles. The fourth-order valence-electron chi connectivity index (χ4n) is 5.61. The third-order valence-corrected chi connectivity index (χ3v) is 7.95. The van der Waals surface area contributed by atoms with Crippen molar-refractivity contribution in [1.82, 2.24) is 10.2 Å². The normalized spacial score (nSPS) is 14.4. The van der Waals surface area contributed by atoms with E-state index >= 15 is 0 Å². The Hall–Kier alpha value is -4.00. The molecule has 0 aliphatic carbocycles. The number of nitrogens with one attached hydrogen (secondary N) is 1. The van der Waals surface area contributed by atoms with Gasteiger partial charge in [0.2, 0.25) is 0 Å². The number of carbonyl (C=O) groups excluding carboxylic acids is 2. The minimum Gasteiger partial charge on any atom is -0.457 e. The number of nitrogens with zero attached hydrogens (tertiary/aromatic N) is 1. The van der Waals surface area contributed by atoms with E-state index in [-0.39, 0.29) is 23.7 Å². The van der Waals surface area contributed by atoms with Crippen LogP contribution in [-0.4, -0.2) is 42.3 Å². The number of alkyl carbamates (subject to hydrolysis) is 1. The number of para-hydroxylation sites is 1. The number of benzene rings is 3. The molecule has 4 rings (SSSR count). The topological polar surface area (TPSA) is 77.1 Å². The van der Waals surface area contributed by atoms with Gasteiger partial charge < -0.3 is 24.4 Å². The van der Waals surface area contributed by atoms with E-state index in [1.807, 2.05) is 30.3 Å². The second-order valence-corrected chi connectivity index (χ2v) is 13.3. The molecule has 0 aromatic heterocycles. The first-order chi connectivity index (χ1) is 21.7. The van der Waals surface area contributed by atoms with Crippen molar-refractivity contribution in [2.75, 3.05) is 13.1 Å². The zero-order valence-electron chi connectivity index (χ0n) is 27.4. The average molecular weight is 615 g/mol. The third kappa shape index (κ3) is 12.1. The summed E-state index contributed by atoms with van der Waals surface area (Å²) >= 11 is 0. The molecule has 2 amide bonds. The van der Waals surface area contributed by atoms with E-state index in [2.05, 4.69) is 57.3 Å². The summed E-state index contributed by atoms with van der Waals surface area (Å²) in [4.78, 5) is 27.4. The number of amides is 2. The van der Waals surface area contributed by atoms with Crippen molar-refractivity contribution in [1.29, 1.82) is 0 Å². The van der Waals surface area contributed by atoms with Crippen molar-refractivity contribution < 1.29 is 23.8 Å². The van der Waals surface area contributed by atoms with Gasteiger partial charge in [-0.05, 0) is 72.2 Å². The van der Waals surface area contributed by atoms with Gasteiger partial charge in [0, 0.05) is 32.0 Å².